The van der Waals surface area contributed by atoms with Gasteiger partial charge in [-0.05, 0) is 25.8 Å². The zero-order chi connectivity index (χ0) is 10.8. The number of hydrogen-bond acceptors (Lipinski definition) is 4. The van der Waals surface area contributed by atoms with E-state index in [2.05, 4.69) is 0 Å². The molecule has 2 unspecified atom stereocenters. The van der Waals surface area contributed by atoms with Crippen LogP contribution in [0.2, 0.25) is 0 Å². The number of carbonyl (C=O) groups excluding carboxylic acids is 1. The summed E-state index contributed by atoms with van der Waals surface area (Å²) in [7, 11) is 0. The zero-order valence-corrected chi connectivity index (χ0v) is 8.73. The molecule has 1 aliphatic rings. The number of furan rings is 1. The predicted molar refractivity (Wildman–Crippen MR) is 54.2 cm³/mol. The van der Waals surface area contributed by atoms with Crippen molar-refractivity contribution in [2.75, 3.05) is 6.61 Å². The van der Waals surface area contributed by atoms with Crippen molar-refractivity contribution in [1.82, 2.24) is 0 Å². The van der Waals surface area contributed by atoms with Crippen LogP contribution < -0.4 is 5.73 Å². The average molecular weight is 209 g/mol. The fraction of sp³-hybridized carbons (Fsp3) is 0.545. The molecule has 0 saturated carbocycles. The minimum Gasteiger partial charge on any atom is -0.467 e. The van der Waals surface area contributed by atoms with Crippen LogP contribution in [0.1, 0.15) is 43.0 Å². The van der Waals surface area contributed by atoms with Gasteiger partial charge in [0.2, 0.25) is 0 Å². The molecule has 1 aromatic rings. The zero-order valence-electron chi connectivity index (χ0n) is 8.73. The quantitative estimate of drug-likeness (QED) is 0.753. The summed E-state index contributed by atoms with van der Waals surface area (Å²) in [5.41, 5.74) is 6.78. The highest BCUT2D eigenvalue weighted by atomic mass is 16.5. The number of rotatable bonds is 2. The third kappa shape index (κ3) is 1.77. The molecule has 0 fully saturated rings. The van der Waals surface area contributed by atoms with Crippen LogP contribution in [0.4, 0.5) is 0 Å². The molecule has 0 bridgehead atoms. The van der Waals surface area contributed by atoms with E-state index in [0.717, 1.165) is 24.2 Å². The van der Waals surface area contributed by atoms with E-state index in [1.54, 1.807) is 6.26 Å². The summed E-state index contributed by atoms with van der Waals surface area (Å²) in [5.74, 6) is 0.366. The molecule has 82 valence electrons. The van der Waals surface area contributed by atoms with Crippen molar-refractivity contribution >= 4 is 5.97 Å². The lowest BCUT2D eigenvalue weighted by molar-refractivity contribution is -0.145. The van der Waals surface area contributed by atoms with Crippen molar-refractivity contribution in [3.63, 3.8) is 0 Å². The van der Waals surface area contributed by atoms with Gasteiger partial charge in [-0.3, -0.25) is 4.79 Å². The van der Waals surface area contributed by atoms with Crippen LogP contribution in [0, 0.1) is 0 Å². The third-order valence-corrected chi connectivity index (χ3v) is 2.78. The van der Waals surface area contributed by atoms with E-state index in [-0.39, 0.29) is 17.9 Å². The third-order valence-electron chi connectivity index (χ3n) is 2.78. The Bertz CT molecular complexity index is 358. The second-order valence-corrected chi connectivity index (χ2v) is 3.73. The number of ether oxygens (including phenoxy) is 1. The first-order valence-electron chi connectivity index (χ1n) is 5.23. The molecule has 1 aliphatic carbocycles. The summed E-state index contributed by atoms with van der Waals surface area (Å²) >= 11 is 0. The molecule has 0 spiro atoms. The molecule has 4 heteroatoms. The molecular formula is C11H15NO3. The Morgan fingerprint density at radius 1 is 1.67 bits per heavy atom. The second-order valence-electron chi connectivity index (χ2n) is 3.73. The summed E-state index contributed by atoms with van der Waals surface area (Å²) in [5, 5.41) is 0. The molecule has 2 rings (SSSR count). The summed E-state index contributed by atoms with van der Waals surface area (Å²) in [6, 6.07) is 1.73. The van der Waals surface area contributed by atoms with Crippen molar-refractivity contribution in [1.29, 1.82) is 0 Å². The van der Waals surface area contributed by atoms with Gasteiger partial charge in [0.15, 0.2) is 0 Å². The fourth-order valence-electron chi connectivity index (χ4n) is 2.04. The van der Waals surface area contributed by atoms with E-state index in [9.17, 15) is 4.79 Å². The molecular weight excluding hydrogens is 194 g/mol. The summed E-state index contributed by atoms with van der Waals surface area (Å²) in [6.07, 6.45) is 3.10. The molecule has 2 atom stereocenters. The van der Waals surface area contributed by atoms with E-state index in [0.29, 0.717) is 6.61 Å². The van der Waals surface area contributed by atoms with Gasteiger partial charge in [-0.15, -0.1) is 0 Å². The lowest BCUT2D eigenvalue weighted by Crippen LogP contribution is -2.24. The van der Waals surface area contributed by atoms with Gasteiger partial charge in [0.1, 0.15) is 5.76 Å². The van der Waals surface area contributed by atoms with Gasteiger partial charge in [0, 0.05) is 5.56 Å². The van der Waals surface area contributed by atoms with E-state index >= 15 is 0 Å². The first-order valence-corrected chi connectivity index (χ1v) is 5.23. The van der Waals surface area contributed by atoms with Gasteiger partial charge >= 0.3 is 5.97 Å². The van der Waals surface area contributed by atoms with E-state index < -0.39 is 0 Å². The van der Waals surface area contributed by atoms with Crippen molar-refractivity contribution in [3.8, 4) is 0 Å². The molecule has 1 aromatic heterocycles. The van der Waals surface area contributed by atoms with Crippen LogP contribution in [0.5, 0.6) is 0 Å². The fourth-order valence-corrected chi connectivity index (χ4v) is 2.04. The first kappa shape index (κ1) is 10.2. The van der Waals surface area contributed by atoms with Gasteiger partial charge < -0.3 is 14.9 Å². The normalized spacial score (nSPS) is 24.7. The lowest BCUT2D eigenvalue weighted by Gasteiger charge is -2.23. The van der Waals surface area contributed by atoms with E-state index in [1.807, 2.05) is 13.0 Å². The van der Waals surface area contributed by atoms with E-state index in [1.165, 1.54) is 0 Å². The summed E-state index contributed by atoms with van der Waals surface area (Å²) in [4.78, 5) is 11.7. The minimum absolute atomic E-state index is 0.0827. The molecule has 0 aromatic carbocycles. The second kappa shape index (κ2) is 4.06. The molecule has 2 N–H and O–H groups in total. The minimum atomic E-state index is -0.196. The predicted octanol–water partition coefficient (Wildman–Crippen LogP) is 1.72. The van der Waals surface area contributed by atoms with Crippen LogP contribution in [0.3, 0.4) is 0 Å². The van der Waals surface area contributed by atoms with Crippen molar-refractivity contribution in [2.24, 2.45) is 5.73 Å². The first-order chi connectivity index (χ1) is 7.24. The Kier molecular flexibility index (Phi) is 2.77. The Labute approximate surface area is 88.4 Å². The highest BCUT2D eigenvalue weighted by Crippen LogP contribution is 2.37. The SMILES string of the molecule is CCOC(=O)C1CCC(N)c2occc21. The van der Waals surface area contributed by atoms with Gasteiger partial charge in [-0.2, -0.15) is 0 Å². The van der Waals surface area contributed by atoms with Crippen LogP contribution in [-0.4, -0.2) is 12.6 Å². The van der Waals surface area contributed by atoms with Crippen molar-refractivity contribution < 1.29 is 13.9 Å². The smallest absolute Gasteiger partial charge is 0.313 e. The maximum absolute atomic E-state index is 11.7. The monoisotopic (exact) mass is 209 g/mol. The number of carbonyl (C=O) groups is 1. The maximum atomic E-state index is 11.7. The number of nitrogens with two attached hydrogens (primary N) is 1. The average Bonchev–Trinajstić information content (AvgIpc) is 2.68. The van der Waals surface area contributed by atoms with E-state index in [4.69, 9.17) is 14.9 Å². The lowest BCUT2D eigenvalue weighted by atomic mass is 9.85. The number of fused-ring (bicyclic) bond motifs is 1. The van der Waals surface area contributed by atoms with Crippen LogP contribution in [0.15, 0.2) is 16.7 Å². The van der Waals surface area contributed by atoms with Gasteiger partial charge in [-0.1, -0.05) is 0 Å². The molecule has 4 nitrogen and oxygen atoms in total. The Morgan fingerprint density at radius 2 is 2.47 bits per heavy atom. The van der Waals surface area contributed by atoms with Crippen LogP contribution in [-0.2, 0) is 9.53 Å². The van der Waals surface area contributed by atoms with Gasteiger partial charge in [0.25, 0.3) is 0 Å². The van der Waals surface area contributed by atoms with Gasteiger partial charge in [-0.25, -0.2) is 0 Å². The maximum Gasteiger partial charge on any atom is 0.313 e. The molecule has 0 saturated heterocycles. The largest absolute Gasteiger partial charge is 0.467 e. The highest BCUT2D eigenvalue weighted by Gasteiger charge is 2.33. The summed E-state index contributed by atoms with van der Waals surface area (Å²) < 4.78 is 10.3. The molecule has 15 heavy (non-hydrogen) atoms. The van der Waals surface area contributed by atoms with Crippen molar-refractivity contribution in [3.05, 3.63) is 23.7 Å². The molecule has 0 radical (unpaired) electrons. The Hall–Kier alpha value is -1.29. The number of esters is 1. The topological polar surface area (TPSA) is 65.5 Å². The molecule has 1 heterocycles. The summed E-state index contributed by atoms with van der Waals surface area (Å²) in [6.45, 7) is 2.22. The Balaban J connectivity index is 2.24. The van der Waals surface area contributed by atoms with Crippen LogP contribution >= 0.6 is 0 Å². The molecule has 0 amide bonds. The van der Waals surface area contributed by atoms with Crippen molar-refractivity contribution in [2.45, 2.75) is 31.7 Å². The Morgan fingerprint density at radius 3 is 3.20 bits per heavy atom. The number of hydrogen-bond donors (Lipinski definition) is 1. The highest BCUT2D eigenvalue weighted by molar-refractivity contribution is 5.78. The molecule has 0 aliphatic heterocycles. The standard InChI is InChI=1S/C11H15NO3/c1-2-14-11(13)8-3-4-9(12)10-7(8)5-6-15-10/h5-6,8-9H,2-4,12H2,1H3. The van der Waals surface area contributed by atoms with Gasteiger partial charge in [0.05, 0.1) is 24.8 Å². The van der Waals surface area contributed by atoms with Crippen LogP contribution in [0.25, 0.3) is 0 Å².